The molecule has 0 amide bonds. The van der Waals surface area contributed by atoms with Crippen molar-refractivity contribution in [1.82, 2.24) is 0 Å². The summed E-state index contributed by atoms with van der Waals surface area (Å²) in [4.78, 5) is 12.3. The van der Waals surface area contributed by atoms with Gasteiger partial charge in [0.15, 0.2) is 0 Å². The normalized spacial score (nSPS) is 53.2. The number of ketones is 1. The average molecular weight is 236 g/mol. The smallest absolute Gasteiger partial charge is 0.139 e. The van der Waals surface area contributed by atoms with E-state index in [-0.39, 0.29) is 11.3 Å². The van der Waals surface area contributed by atoms with Gasteiger partial charge in [0, 0.05) is 12.3 Å². The molecule has 0 saturated heterocycles. The van der Waals surface area contributed by atoms with Crippen LogP contribution in [0.15, 0.2) is 0 Å². The van der Waals surface area contributed by atoms with Gasteiger partial charge in [0.2, 0.25) is 0 Å². The van der Waals surface area contributed by atoms with E-state index in [2.05, 4.69) is 13.8 Å². The van der Waals surface area contributed by atoms with Gasteiger partial charge in [0.05, 0.1) is 5.60 Å². The van der Waals surface area contributed by atoms with Crippen LogP contribution in [0.25, 0.3) is 0 Å². The molecule has 3 aliphatic rings. The Morgan fingerprint density at radius 1 is 1.29 bits per heavy atom. The second-order valence-electron chi connectivity index (χ2n) is 7.90. The summed E-state index contributed by atoms with van der Waals surface area (Å²) < 4.78 is 0. The second kappa shape index (κ2) is 2.96. The van der Waals surface area contributed by atoms with Crippen LogP contribution in [0.1, 0.15) is 53.4 Å². The van der Waals surface area contributed by atoms with Crippen LogP contribution < -0.4 is 0 Å². The number of hydrogen-bond donors (Lipinski definition) is 1. The molecule has 5 atom stereocenters. The molecule has 3 saturated carbocycles. The zero-order valence-corrected chi connectivity index (χ0v) is 11.4. The molecule has 0 aliphatic heterocycles. The van der Waals surface area contributed by atoms with Crippen LogP contribution >= 0.6 is 0 Å². The van der Waals surface area contributed by atoms with Crippen molar-refractivity contribution in [3.63, 3.8) is 0 Å². The minimum Gasteiger partial charge on any atom is -0.390 e. The summed E-state index contributed by atoms with van der Waals surface area (Å²) in [7, 11) is 0. The molecule has 0 aromatic heterocycles. The summed E-state index contributed by atoms with van der Waals surface area (Å²) in [6.45, 7) is 8.28. The Hall–Kier alpha value is -0.370. The fourth-order valence-electron chi connectivity index (χ4n) is 5.03. The predicted octanol–water partition coefficient (Wildman–Crippen LogP) is 2.79. The van der Waals surface area contributed by atoms with E-state index in [0.717, 1.165) is 12.3 Å². The number of fused-ring (bicyclic) bond motifs is 3. The number of Topliss-reactive ketones (excluding diaryl/α,β-unsaturated/α-hetero) is 1. The van der Waals surface area contributed by atoms with E-state index < -0.39 is 5.60 Å². The lowest BCUT2D eigenvalue weighted by Gasteiger charge is -2.46. The molecule has 5 unspecified atom stereocenters. The van der Waals surface area contributed by atoms with Gasteiger partial charge in [-0.2, -0.15) is 0 Å². The molecule has 0 spiro atoms. The van der Waals surface area contributed by atoms with Gasteiger partial charge < -0.3 is 5.11 Å². The van der Waals surface area contributed by atoms with Crippen LogP contribution in [0.3, 0.4) is 0 Å². The SMILES string of the molecule is CC(C)(O)C1CC2C(C)(CC1=O)CC1CC12C. The molecule has 3 rings (SSSR count). The molecule has 2 heteroatoms. The van der Waals surface area contributed by atoms with E-state index in [1.807, 2.05) is 0 Å². The fourth-order valence-corrected chi connectivity index (χ4v) is 5.03. The summed E-state index contributed by atoms with van der Waals surface area (Å²) >= 11 is 0. The standard InChI is InChI=1S/C15H24O2/c1-13(2,17)10-5-12-14(3,8-11(10)16)6-9-7-15(9,12)4/h9-10,12,17H,5-8H2,1-4H3. The molecule has 3 fully saturated rings. The van der Waals surface area contributed by atoms with Crippen LogP contribution in [-0.2, 0) is 4.79 Å². The van der Waals surface area contributed by atoms with Crippen LogP contribution in [0.4, 0.5) is 0 Å². The highest BCUT2D eigenvalue weighted by Gasteiger charge is 2.69. The van der Waals surface area contributed by atoms with Gasteiger partial charge in [0.25, 0.3) is 0 Å². The molecular formula is C15H24O2. The first-order valence-corrected chi connectivity index (χ1v) is 6.92. The monoisotopic (exact) mass is 236 g/mol. The minimum absolute atomic E-state index is 0.142. The van der Waals surface area contributed by atoms with Crippen molar-refractivity contribution in [2.75, 3.05) is 0 Å². The lowest BCUT2D eigenvalue weighted by molar-refractivity contribution is -0.141. The zero-order valence-electron chi connectivity index (χ0n) is 11.4. The molecule has 2 nitrogen and oxygen atoms in total. The lowest BCUT2D eigenvalue weighted by Crippen LogP contribution is -2.47. The maximum absolute atomic E-state index is 12.3. The Labute approximate surface area is 104 Å². The number of carbonyl (C=O) groups is 1. The summed E-state index contributed by atoms with van der Waals surface area (Å²) in [5.41, 5.74) is -0.128. The van der Waals surface area contributed by atoms with Gasteiger partial charge in [-0.25, -0.2) is 0 Å². The minimum atomic E-state index is -0.845. The molecule has 17 heavy (non-hydrogen) atoms. The molecular weight excluding hydrogens is 212 g/mol. The summed E-state index contributed by atoms with van der Waals surface area (Å²) in [5.74, 6) is 1.65. The van der Waals surface area contributed by atoms with Crippen molar-refractivity contribution in [1.29, 1.82) is 0 Å². The Bertz CT molecular complexity index is 381. The molecule has 0 heterocycles. The van der Waals surface area contributed by atoms with Gasteiger partial charge in [-0.05, 0) is 55.8 Å². The first-order valence-electron chi connectivity index (χ1n) is 6.92. The third kappa shape index (κ3) is 1.46. The van der Waals surface area contributed by atoms with Gasteiger partial charge >= 0.3 is 0 Å². The van der Waals surface area contributed by atoms with Crippen molar-refractivity contribution in [3.05, 3.63) is 0 Å². The highest BCUT2D eigenvalue weighted by Crippen LogP contribution is 2.75. The van der Waals surface area contributed by atoms with Crippen LogP contribution in [-0.4, -0.2) is 16.5 Å². The number of hydrogen-bond acceptors (Lipinski definition) is 2. The largest absolute Gasteiger partial charge is 0.390 e. The number of aliphatic hydroxyl groups is 1. The van der Waals surface area contributed by atoms with Gasteiger partial charge in [-0.15, -0.1) is 0 Å². The second-order valence-corrected chi connectivity index (χ2v) is 7.90. The molecule has 96 valence electrons. The molecule has 3 aliphatic carbocycles. The average Bonchev–Trinajstić information content (AvgIpc) is 2.67. The zero-order chi connectivity index (χ0) is 12.6. The first-order chi connectivity index (χ1) is 7.67. The summed E-state index contributed by atoms with van der Waals surface area (Å²) in [6, 6.07) is 0. The van der Waals surface area contributed by atoms with Crippen molar-refractivity contribution in [2.24, 2.45) is 28.6 Å². The van der Waals surface area contributed by atoms with Crippen LogP contribution in [0, 0.1) is 28.6 Å². The third-order valence-corrected chi connectivity index (χ3v) is 6.10. The van der Waals surface area contributed by atoms with Crippen LogP contribution in [0.2, 0.25) is 0 Å². The fraction of sp³-hybridized carbons (Fsp3) is 0.933. The molecule has 0 radical (unpaired) electrons. The van der Waals surface area contributed by atoms with Crippen molar-refractivity contribution >= 4 is 5.78 Å². The van der Waals surface area contributed by atoms with E-state index in [0.29, 0.717) is 23.5 Å². The van der Waals surface area contributed by atoms with Crippen molar-refractivity contribution < 1.29 is 9.90 Å². The summed E-state index contributed by atoms with van der Waals surface area (Å²) in [5, 5.41) is 10.2. The molecule has 0 aromatic rings. The molecule has 1 N–H and O–H groups in total. The Morgan fingerprint density at radius 3 is 2.53 bits per heavy atom. The van der Waals surface area contributed by atoms with E-state index in [4.69, 9.17) is 0 Å². The Morgan fingerprint density at radius 2 is 1.94 bits per heavy atom. The van der Waals surface area contributed by atoms with E-state index in [1.54, 1.807) is 13.8 Å². The topological polar surface area (TPSA) is 37.3 Å². The Kier molecular flexibility index (Phi) is 2.04. The first kappa shape index (κ1) is 11.7. The van der Waals surface area contributed by atoms with Crippen molar-refractivity contribution in [2.45, 2.75) is 59.0 Å². The highest BCUT2D eigenvalue weighted by atomic mass is 16.3. The van der Waals surface area contributed by atoms with Gasteiger partial charge in [0.1, 0.15) is 5.78 Å². The maximum Gasteiger partial charge on any atom is 0.139 e. The van der Waals surface area contributed by atoms with Crippen molar-refractivity contribution in [3.8, 4) is 0 Å². The van der Waals surface area contributed by atoms with Gasteiger partial charge in [-0.3, -0.25) is 4.79 Å². The Balaban J connectivity index is 1.90. The van der Waals surface area contributed by atoms with Gasteiger partial charge in [-0.1, -0.05) is 13.8 Å². The van der Waals surface area contributed by atoms with E-state index in [1.165, 1.54) is 12.8 Å². The highest BCUT2D eigenvalue weighted by molar-refractivity contribution is 5.84. The quantitative estimate of drug-likeness (QED) is 0.760. The predicted molar refractivity (Wildman–Crippen MR) is 66.5 cm³/mol. The molecule has 0 aromatic carbocycles. The third-order valence-electron chi connectivity index (χ3n) is 6.10. The maximum atomic E-state index is 12.3. The van der Waals surface area contributed by atoms with E-state index in [9.17, 15) is 9.90 Å². The number of carbonyl (C=O) groups excluding carboxylic acids is 1. The van der Waals surface area contributed by atoms with E-state index >= 15 is 0 Å². The number of rotatable bonds is 1. The summed E-state index contributed by atoms with van der Waals surface area (Å²) in [6.07, 6.45) is 4.18. The lowest BCUT2D eigenvalue weighted by atomic mass is 9.59. The van der Waals surface area contributed by atoms with Crippen LogP contribution in [0.5, 0.6) is 0 Å². The molecule has 0 bridgehead atoms.